The molecule has 0 aliphatic heterocycles. The zero-order valence-electron chi connectivity index (χ0n) is 13.5. The van der Waals surface area contributed by atoms with Crippen molar-refractivity contribution in [2.75, 3.05) is 0 Å². The average molecular weight is 312 g/mol. The van der Waals surface area contributed by atoms with E-state index in [0.717, 1.165) is 0 Å². The standard InChI is InChI=1S/C18H21BO2S/c1-17(2,20)18(3,4)21-19-16-11-14-9-12-7-5-6-8-13(12)10-15(14)22-16/h5-11,19-20H,1-4H3. The largest absolute Gasteiger partial charge is 0.426 e. The molecule has 0 radical (unpaired) electrons. The van der Waals surface area contributed by atoms with E-state index in [9.17, 15) is 5.11 Å². The van der Waals surface area contributed by atoms with Crippen molar-refractivity contribution in [3.8, 4) is 0 Å². The third-order valence-corrected chi connectivity index (χ3v) is 5.56. The first-order chi connectivity index (χ1) is 10.3. The highest BCUT2D eigenvalue weighted by Crippen LogP contribution is 2.27. The van der Waals surface area contributed by atoms with Gasteiger partial charge in [0.1, 0.15) is 0 Å². The van der Waals surface area contributed by atoms with Gasteiger partial charge in [-0.3, -0.25) is 0 Å². The van der Waals surface area contributed by atoms with Crippen LogP contribution in [0.5, 0.6) is 0 Å². The Morgan fingerprint density at radius 1 is 0.955 bits per heavy atom. The Morgan fingerprint density at radius 3 is 2.23 bits per heavy atom. The van der Waals surface area contributed by atoms with Gasteiger partial charge in [-0.05, 0) is 62.1 Å². The highest BCUT2D eigenvalue weighted by Gasteiger charge is 2.35. The highest BCUT2D eigenvalue weighted by atomic mass is 32.1. The number of aliphatic hydroxyl groups is 1. The molecule has 0 spiro atoms. The minimum atomic E-state index is -0.877. The molecule has 0 unspecified atom stereocenters. The van der Waals surface area contributed by atoms with Crippen LogP contribution >= 0.6 is 11.3 Å². The Hall–Kier alpha value is -1.36. The van der Waals surface area contributed by atoms with Crippen LogP contribution in [0.2, 0.25) is 0 Å². The van der Waals surface area contributed by atoms with E-state index >= 15 is 0 Å². The van der Waals surface area contributed by atoms with Crippen LogP contribution < -0.4 is 4.78 Å². The summed E-state index contributed by atoms with van der Waals surface area (Å²) in [5, 5.41) is 13.9. The minimum absolute atomic E-state index is 0.521. The van der Waals surface area contributed by atoms with Crippen molar-refractivity contribution in [2.45, 2.75) is 38.9 Å². The van der Waals surface area contributed by atoms with Crippen LogP contribution in [0.15, 0.2) is 42.5 Å². The topological polar surface area (TPSA) is 29.5 Å². The molecule has 0 bridgehead atoms. The predicted molar refractivity (Wildman–Crippen MR) is 97.6 cm³/mol. The molecular weight excluding hydrogens is 291 g/mol. The summed E-state index contributed by atoms with van der Waals surface area (Å²) in [5.74, 6) is 0. The second-order valence-electron chi connectivity index (χ2n) is 6.81. The van der Waals surface area contributed by atoms with Gasteiger partial charge in [0.2, 0.25) is 0 Å². The predicted octanol–water partition coefficient (Wildman–Crippen LogP) is 3.60. The number of thiophene rings is 1. The van der Waals surface area contributed by atoms with Crippen LogP contribution in [-0.4, -0.2) is 23.8 Å². The van der Waals surface area contributed by atoms with Gasteiger partial charge in [0.05, 0.1) is 11.2 Å². The minimum Gasteiger partial charge on any atom is -0.426 e. The van der Waals surface area contributed by atoms with E-state index in [1.807, 2.05) is 13.8 Å². The Morgan fingerprint density at radius 2 is 1.59 bits per heavy atom. The summed E-state index contributed by atoms with van der Waals surface area (Å²) >= 11 is 1.76. The highest BCUT2D eigenvalue weighted by molar-refractivity contribution is 7.27. The first kappa shape index (κ1) is 15.5. The molecule has 2 aromatic carbocycles. The quantitative estimate of drug-likeness (QED) is 0.746. The van der Waals surface area contributed by atoms with E-state index in [1.165, 1.54) is 25.6 Å². The fraction of sp³-hybridized carbons (Fsp3) is 0.333. The Labute approximate surface area is 136 Å². The van der Waals surface area contributed by atoms with E-state index in [2.05, 4.69) is 42.5 Å². The van der Waals surface area contributed by atoms with Gasteiger partial charge >= 0.3 is 7.48 Å². The molecule has 2 nitrogen and oxygen atoms in total. The van der Waals surface area contributed by atoms with E-state index in [-0.39, 0.29) is 0 Å². The maximum atomic E-state index is 10.2. The molecule has 0 aliphatic rings. The first-order valence-electron chi connectivity index (χ1n) is 7.54. The van der Waals surface area contributed by atoms with Gasteiger partial charge in [-0.1, -0.05) is 24.3 Å². The van der Waals surface area contributed by atoms with Crippen molar-refractivity contribution in [3.63, 3.8) is 0 Å². The van der Waals surface area contributed by atoms with Gasteiger partial charge in [-0.2, -0.15) is 0 Å². The molecule has 0 saturated carbocycles. The average Bonchev–Trinajstić information content (AvgIpc) is 2.83. The van der Waals surface area contributed by atoms with Gasteiger partial charge in [-0.15, -0.1) is 11.3 Å². The monoisotopic (exact) mass is 312 g/mol. The van der Waals surface area contributed by atoms with Gasteiger partial charge in [0.25, 0.3) is 0 Å². The molecule has 4 heteroatoms. The van der Waals surface area contributed by atoms with Gasteiger partial charge in [-0.25, -0.2) is 0 Å². The molecule has 3 rings (SSSR count). The summed E-state index contributed by atoms with van der Waals surface area (Å²) < 4.78 is 8.43. The Balaban J connectivity index is 1.88. The first-order valence-corrected chi connectivity index (χ1v) is 8.35. The fourth-order valence-electron chi connectivity index (χ4n) is 2.28. The van der Waals surface area contributed by atoms with E-state index in [1.54, 1.807) is 25.2 Å². The second kappa shape index (κ2) is 5.37. The van der Waals surface area contributed by atoms with Crippen LogP contribution in [0.1, 0.15) is 27.7 Å². The lowest BCUT2D eigenvalue weighted by Gasteiger charge is -2.37. The summed E-state index contributed by atoms with van der Waals surface area (Å²) in [6.45, 7) is 7.42. The number of rotatable bonds is 4. The molecule has 0 aliphatic carbocycles. The van der Waals surface area contributed by atoms with Crippen molar-refractivity contribution in [1.29, 1.82) is 0 Å². The molecule has 0 saturated heterocycles. The van der Waals surface area contributed by atoms with E-state index < -0.39 is 11.2 Å². The molecule has 1 aromatic heterocycles. The smallest absolute Gasteiger partial charge is 0.319 e. The molecule has 3 aromatic rings. The third kappa shape index (κ3) is 2.91. The fourth-order valence-corrected chi connectivity index (χ4v) is 3.29. The summed E-state index contributed by atoms with van der Waals surface area (Å²) in [6.07, 6.45) is 0. The van der Waals surface area contributed by atoms with Crippen molar-refractivity contribution < 1.29 is 9.76 Å². The SMILES string of the molecule is CC(C)(O)C(C)(C)OBc1cc2cc3ccccc3cc2s1. The lowest BCUT2D eigenvalue weighted by atomic mass is 9.86. The van der Waals surface area contributed by atoms with Gasteiger partial charge < -0.3 is 9.76 Å². The maximum Gasteiger partial charge on any atom is 0.319 e. The maximum absolute atomic E-state index is 10.2. The molecular formula is C18H21BO2S. The molecule has 1 N–H and O–H groups in total. The van der Waals surface area contributed by atoms with E-state index in [4.69, 9.17) is 4.65 Å². The number of hydrogen-bond acceptors (Lipinski definition) is 3. The molecule has 114 valence electrons. The third-order valence-electron chi connectivity index (χ3n) is 4.48. The lowest BCUT2D eigenvalue weighted by molar-refractivity contribution is -0.0892. The number of hydrogen-bond donors (Lipinski definition) is 1. The molecule has 0 fully saturated rings. The van der Waals surface area contributed by atoms with Crippen LogP contribution in [-0.2, 0) is 4.65 Å². The van der Waals surface area contributed by atoms with E-state index in [0.29, 0.717) is 7.48 Å². The summed E-state index contributed by atoms with van der Waals surface area (Å²) in [7, 11) is 0.521. The summed E-state index contributed by atoms with van der Waals surface area (Å²) in [6, 6.07) is 15.1. The summed E-state index contributed by atoms with van der Waals surface area (Å²) in [5.41, 5.74) is -1.47. The zero-order chi connectivity index (χ0) is 16.0. The van der Waals surface area contributed by atoms with Crippen LogP contribution in [0.25, 0.3) is 20.9 Å². The Bertz CT molecular complexity index is 762. The lowest BCUT2D eigenvalue weighted by Crippen LogP contribution is -2.49. The van der Waals surface area contributed by atoms with Crippen molar-refractivity contribution in [3.05, 3.63) is 42.5 Å². The van der Waals surface area contributed by atoms with Crippen LogP contribution in [0.4, 0.5) is 0 Å². The second-order valence-corrected chi connectivity index (χ2v) is 7.98. The molecule has 0 atom stereocenters. The Kier molecular flexibility index (Phi) is 3.80. The normalized spacial score (nSPS) is 13.0. The van der Waals surface area contributed by atoms with Gasteiger partial charge in [0, 0.05) is 9.48 Å². The van der Waals surface area contributed by atoms with Crippen molar-refractivity contribution >= 4 is 44.5 Å². The van der Waals surface area contributed by atoms with Crippen molar-refractivity contribution in [1.82, 2.24) is 0 Å². The zero-order valence-corrected chi connectivity index (χ0v) is 14.3. The summed E-state index contributed by atoms with van der Waals surface area (Å²) in [4.78, 5) is 0. The van der Waals surface area contributed by atoms with Crippen LogP contribution in [0.3, 0.4) is 0 Å². The molecule has 0 amide bonds. The van der Waals surface area contributed by atoms with Crippen LogP contribution in [0, 0.1) is 0 Å². The van der Waals surface area contributed by atoms with Crippen molar-refractivity contribution in [2.24, 2.45) is 0 Å². The van der Waals surface area contributed by atoms with Gasteiger partial charge in [0.15, 0.2) is 0 Å². The molecule has 22 heavy (non-hydrogen) atoms. The number of fused-ring (bicyclic) bond motifs is 2. The number of benzene rings is 2. The molecule has 1 heterocycles.